The summed E-state index contributed by atoms with van der Waals surface area (Å²) < 4.78 is 0. The van der Waals surface area contributed by atoms with Gasteiger partial charge in [0.1, 0.15) is 0 Å². The minimum absolute atomic E-state index is 1.00. The van der Waals surface area contributed by atoms with Gasteiger partial charge in [-0.1, -0.05) is 72.3 Å². The molecule has 0 fully saturated rings. The highest BCUT2D eigenvalue weighted by molar-refractivity contribution is 5.79. The van der Waals surface area contributed by atoms with Gasteiger partial charge in [0, 0.05) is 11.8 Å². The number of hydrogen-bond acceptors (Lipinski definition) is 1. The van der Waals surface area contributed by atoms with Crippen LogP contribution in [0.3, 0.4) is 0 Å². The van der Waals surface area contributed by atoms with Crippen LogP contribution in [-0.4, -0.2) is 4.98 Å². The highest BCUT2D eigenvalue weighted by Gasteiger charge is 2.02. The van der Waals surface area contributed by atoms with E-state index < -0.39 is 0 Å². The quantitative estimate of drug-likeness (QED) is 0.594. The van der Waals surface area contributed by atoms with Gasteiger partial charge in [-0.05, 0) is 30.2 Å². The zero-order valence-corrected chi connectivity index (χ0v) is 12.0. The highest BCUT2D eigenvalue weighted by atomic mass is 14.7. The average Bonchev–Trinajstić information content (AvgIpc) is 2.55. The largest absolute Gasteiger partial charge is 0.256 e. The van der Waals surface area contributed by atoms with Crippen molar-refractivity contribution in [2.45, 2.75) is 6.92 Å². The van der Waals surface area contributed by atoms with Gasteiger partial charge in [0.05, 0.1) is 5.69 Å². The monoisotopic (exact) mass is 271 g/mol. The summed E-state index contributed by atoms with van der Waals surface area (Å²) in [5.74, 6) is 0. The maximum absolute atomic E-state index is 4.44. The summed E-state index contributed by atoms with van der Waals surface area (Å²) in [6, 6.07) is 22.9. The van der Waals surface area contributed by atoms with E-state index in [-0.39, 0.29) is 0 Å². The molecule has 1 heterocycles. The normalized spacial score (nSPS) is 10.9. The second kappa shape index (κ2) is 6.19. The van der Waals surface area contributed by atoms with Crippen molar-refractivity contribution < 1.29 is 0 Å². The van der Waals surface area contributed by atoms with Gasteiger partial charge < -0.3 is 0 Å². The fourth-order valence-electron chi connectivity index (χ4n) is 2.26. The zero-order chi connectivity index (χ0) is 14.5. The molecule has 0 N–H and O–H groups in total. The minimum Gasteiger partial charge on any atom is -0.256 e. The molecule has 0 amide bonds. The average molecular weight is 271 g/mol. The molecule has 0 aliphatic rings. The molecule has 1 nitrogen and oxygen atoms in total. The molecule has 0 bridgehead atoms. The van der Waals surface area contributed by atoms with Gasteiger partial charge in [-0.25, -0.2) is 0 Å². The molecule has 0 saturated carbocycles. The number of hydrogen-bond donors (Lipinski definition) is 0. The second-order valence-corrected chi connectivity index (χ2v) is 5.05. The van der Waals surface area contributed by atoms with E-state index in [1.165, 1.54) is 16.7 Å². The first-order valence-electron chi connectivity index (χ1n) is 7.08. The van der Waals surface area contributed by atoms with Crippen molar-refractivity contribution in [2.75, 3.05) is 0 Å². The molecule has 1 aromatic heterocycles. The summed E-state index contributed by atoms with van der Waals surface area (Å²) >= 11 is 0. The molecular formula is C20H17N. The van der Waals surface area contributed by atoms with Crippen LogP contribution in [0.5, 0.6) is 0 Å². The minimum atomic E-state index is 1.00. The molecule has 0 atom stereocenters. The van der Waals surface area contributed by atoms with Gasteiger partial charge in [0.15, 0.2) is 0 Å². The summed E-state index contributed by atoms with van der Waals surface area (Å²) in [7, 11) is 0. The Balaban J connectivity index is 1.94. The van der Waals surface area contributed by atoms with Gasteiger partial charge >= 0.3 is 0 Å². The second-order valence-electron chi connectivity index (χ2n) is 5.05. The van der Waals surface area contributed by atoms with E-state index in [2.05, 4.69) is 66.5 Å². The van der Waals surface area contributed by atoms with E-state index in [1.807, 2.05) is 30.5 Å². The standard InChI is InChI=1S/C20H17N/c1-16-9-11-17(12-10-16)13-14-18-6-2-3-7-19(18)20-8-4-5-15-21-20/h2-15H,1H3/b14-13+. The number of nitrogens with zero attached hydrogens (tertiary/aromatic N) is 1. The first-order valence-corrected chi connectivity index (χ1v) is 7.08. The third-order valence-electron chi connectivity index (χ3n) is 3.43. The van der Waals surface area contributed by atoms with Gasteiger partial charge in [0.25, 0.3) is 0 Å². The van der Waals surface area contributed by atoms with Crippen LogP contribution in [0, 0.1) is 6.92 Å². The molecule has 3 rings (SSSR count). The molecule has 0 radical (unpaired) electrons. The zero-order valence-electron chi connectivity index (χ0n) is 12.0. The summed E-state index contributed by atoms with van der Waals surface area (Å²) in [6.07, 6.45) is 6.12. The van der Waals surface area contributed by atoms with Crippen LogP contribution < -0.4 is 0 Å². The molecule has 21 heavy (non-hydrogen) atoms. The number of aryl methyl sites for hydroxylation is 1. The van der Waals surface area contributed by atoms with Crippen molar-refractivity contribution in [3.63, 3.8) is 0 Å². The number of aromatic nitrogens is 1. The fourth-order valence-corrected chi connectivity index (χ4v) is 2.26. The lowest BCUT2D eigenvalue weighted by atomic mass is 10.0. The lowest BCUT2D eigenvalue weighted by molar-refractivity contribution is 1.32. The first kappa shape index (κ1) is 13.3. The Bertz CT molecular complexity index is 740. The lowest BCUT2D eigenvalue weighted by Gasteiger charge is -2.05. The fraction of sp³-hybridized carbons (Fsp3) is 0.0500. The molecule has 0 aliphatic carbocycles. The van der Waals surface area contributed by atoms with Crippen molar-refractivity contribution in [1.82, 2.24) is 4.98 Å². The van der Waals surface area contributed by atoms with Gasteiger partial charge in [-0.3, -0.25) is 4.98 Å². The van der Waals surface area contributed by atoms with E-state index in [4.69, 9.17) is 0 Å². The highest BCUT2D eigenvalue weighted by Crippen LogP contribution is 2.23. The van der Waals surface area contributed by atoms with E-state index in [9.17, 15) is 0 Å². The van der Waals surface area contributed by atoms with Crippen LogP contribution in [0.15, 0.2) is 72.9 Å². The molecule has 3 aromatic rings. The molecule has 0 spiro atoms. The van der Waals surface area contributed by atoms with E-state index >= 15 is 0 Å². The number of benzene rings is 2. The van der Waals surface area contributed by atoms with Crippen molar-refractivity contribution in [1.29, 1.82) is 0 Å². The van der Waals surface area contributed by atoms with Crippen LogP contribution >= 0.6 is 0 Å². The molecular weight excluding hydrogens is 254 g/mol. The number of rotatable bonds is 3. The van der Waals surface area contributed by atoms with E-state index in [0.717, 1.165) is 11.3 Å². The van der Waals surface area contributed by atoms with Crippen molar-refractivity contribution in [3.8, 4) is 11.3 Å². The first-order chi connectivity index (χ1) is 10.3. The maximum Gasteiger partial charge on any atom is 0.0707 e. The molecule has 0 unspecified atom stereocenters. The molecule has 2 aromatic carbocycles. The van der Waals surface area contributed by atoms with Gasteiger partial charge in [0.2, 0.25) is 0 Å². The summed E-state index contributed by atoms with van der Waals surface area (Å²) in [6.45, 7) is 2.10. The SMILES string of the molecule is Cc1ccc(/C=C/c2ccccc2-c2ccccn2)cc1. The summed E-state index contributed by atoms with van der Waals surface area (Å²) in [5, 5.41) is 0. The van der Waals surface area contributed by atoms with Gasteiger partial charge in [-0.2, -0.15) is 0 Å². The van der Waals surface area contributed by atoms with Crippen LogP contribution in [0.1, 0.15) is 16.7 Å². The Morgan fingerprint density at radius 3 is 2.29 bits per heavy atom. The van der Waals surface area contributed by atoms with E-state index in [0.29, 0.717) is 0 Å². The Kier molecular flexibility index (Phi) is 3.92. The van der Waals surface area contributed by atoms with Crippen molar-refractivity contribution in [2.24, 2.45) is 0 Å². The van der Waals surface area contributed by atoms with Crippen molar-refractivity contribution in [3.05, 3.63) is 89.6 Å². The summed E-state index contributed by atoms with van der Waals surface area (Å²) in [4.78, 5) is 4.44. The topological polar surface area (TPSA) is 12.9 Å². The third kappa shape index (κ3) is 3.26. The smallest absolute Gasteiger partial charge is 0.0707 e. The summed E-state index contributed by atoms with van der Waals surface area (Å²) in [5.41, 5.74) is 5.82. The third-order valence-corrected chi connectivity index (χ3v) is 3.43. The Morgan fingerprint density at radius 1 is 0.762 bits per heavy atom. The Labute approximate surface area is 125 Å². The van der Waals surface area contributed by atoms with Crippen LogP contribution in [-0.2, 0) is 0 Å². The van der Waals surface area contributed by atoms with Crippen molar-refractivity contribution >= 4 is 12.2 Å². The molecule has 0 aliphatic heterocycles. The van der Waals surface area contributed by atoms with Crippen LogP contribution in [0.4, 0.5) is 0 Å². The predicted molar refractivity (Wildman–Crippen MR) is 89.8 cm³/mol. The molecule has 102 valence electrons. The molecule has 0 saturated heterocycles. The predicted octanol–water partition coefficient (Wildman–Crippen LogP) is 5.23. The molecule has 1 heteroatoms. The van der Waals surface area contributed by atoms with E-state index in [1.54, 1.807) is 0 Å². The van der Waals surface area contributed by atoms with Crippen LogP contribution in [0.2, 0.25) is 0 Å². The lowest BCUT2D eigenvalue weighted by Crippen LogP contribution is -1.85. The number of pyridine rings is 1. The Morgan fingerprint density at radius 2 is 1.52 bits per heavy atom. The Hall–Kier alpha value is -2.67. The maximum atomic E-state index is 4.44. The van der Waals surface area contributed by atoms with Crippen LogP contribution in [0.25, 0.3) is 23.4 Å². The van der Waals surface area contributed by atoms with Gasteiger partial charge in [-0.15, -0.1) is 0 Å².